The van der Waals surface area contributed by atoms with Crippen LogP contribution in [0.15, 0.2) is 36.4 Å². The molecule has 0 spiro atoms. The zero-order valence-corrected chi connectivity index (χ0v) is 19.0. The van der Waals surface area contributed by atoms with Crippen LogP contribution in [0.1, 0.15) is 86.3 Å². The number of ether oxygens (including phenoxy) is 1. The second-order valence-electron chi connectivity index (χ2n) is 7.78. The molecule has 0 N–H and O–H groups in total. The first-order valence-corrected chi connectivity index (χ1v) is 11.9. The fraction of sp³-hybridized carbons (Fsp3) is 0.435. The van der Waals surface area contributed by atoms with Crippen molar-refractivity contribution >= 4 is 28.7 Å². The zero-order chi connectivity index (χ0) is 20.3. The summed E-state index contributed by atoms with van der Waals surface area (Å²) < 4.78 is 20.2. The second-order valence-corrected chi connectivity index (χ2v) is 10.8. The van der Waals surface area contributed by atoms with Crippen molar-refractivity contribution in [2.24, 2.45) is 0 Å². The van der Waals surface area contributed by atoms with Gasteiger partial charge in [0.25, 0.3) is 0 Å². The van der Waals surface area contributed by atoms with Crippen molar-refractivity contribution in [1.29, 1.82) is 0 Å². The van der Waals surface area contributed by atoms with E-state index in [1.807, 2.05) is 0 Å². The van der Waals surface area contributed by atoms with Gasteiger partial charge >= 0.3 is 167 Å². The first-order chi connectivity index (χ1) is 12.7. The van der Waals surface area contributed by atoms with Gasteiger partial charge in [-0.1, -0.05) is 0 Å². The zero-order valence-electron chi connectivity index (χ0n) is 17.3. The van der Waals surface area contributed by atoms with Gasteiger partial charge in [0, 0.05) is 0 Å². The third-order valence-electron chi connectivity index (χ3n) is 4.75. The number of hydrogen-bond donors (Lipinski definition) is 0. The number of benzene rings is 2. The average molecular weight is 433 g/mol. The summed E-state index contributed by atoms with van der Waals surface area (Å²) in [6, 6.07) is 11.5. The molecule has 0 aliphatic carbocycles. The van der Waals surface area contributed by atoms with Gasteiger partial charge in [-0.05, 0) is 0 Å². The third-order valence-corrected chi connectivity index (χ3v) is 7.99. The first-order valence-electron chi connectivity index (χ1n) is 9.45. The van der Waals surface area contributed by atoms with E-state index in [9.17, 15) is 8.63 Å². The van der Waals surface area contributed by atoms with Crippen LogP contribution in [0, 0.1) is 0 Å². The van der Waals surface area contributed by atoms with Gasteiger partial charge in [-0.25, -0.2) is 0 Å². The van der Waals surface area contributed by atoms with Crippen molar-refractivity contribution in [2.45, 2.75) is 59.3 Å². The molecule has 3 nitrogen and oxygen atoms in total. The maximum absolute atomic E-state index is 13.6. The summed E-state index contributed by atoms with van der Waals surface area (Å²) >= 11 is -2.46. The van der Waals surface area contributed by atoms with Crippen molar-refractivity contribution in [2.75, 3.05) is 7.11 Å². The summed E-state index contributed by atoms with van der Waals surface area (Å²) in [5.41, 5.74) is 4.14. The van der Waals surface area contributed by atoms with Crippen LogP contribution >= 0.6 is 0 Å². The Kier molecular flexibility index (Phi) is 7.13. The van der Waals surface area contributed by atoms with Crippen LogP contribution in [0.2, 0.25) is 0 Å². The molecule has 0 aliphatic heterocycles. The second kappa shape index (κ2) is 8.95. The fourth-order valence-corrected chi connectivity index (χ4v) is 6.49. The molecule has 1 atom stereocenters. The molecule has 0 saturated heterocycles. The molecule has 0 bridgehead atoms. The van der Waals surface area contributed by atoms with E-state index in [-0.39, 0.29) is 5.97 Å². The SMILES string of the molecule is COC(=O)c1ccc([Se](=O)c2c(C(C)C)cc(C(C)C)cc2C(C)C)cc1. The number of esters is 1. The topological polar surface area (TPSA) is 43.4 Å². The van der Waals surface area contributed by atoms with E-state index < -0.39 is 13.8 Å². The Bertz CT molecular complexity index is 804. The van der Waals surface area contributed by atoms with Crippen LogP contribution in [-0.4, -0.2) is 26.9 Å². The van der Waals surface area contributed by atoms with Gasteiger partial charge in [0.2, 0.25) is 0 Å². The predicted octanol–water partition coefficient (Wildman–Crippen LogP) is 4.38. The Morgan fingerprint density at radius 1 is 0.852 bits per heavy atom. The molecule has 0 heterocycles. The normalized spacial score (nSPS) is 12.7. The van der Waals surface area contributed by atoms with Crippen LogP contribution in [-0.2, 0) is 8.57 Å². The van der Waals surface area contributed by atoms with Crippen LogP contribution in [0.3, 0.4) is 0 Å². The Hall–Kier alpha value is -1.77. The van der Waals surface area contributed by atoms with Crippen LogP contribution in [0.4, 0.5) is 0 Å². The molecule has 0 amide bonds. The molecule has 27 heavy (non-hydrogen) atoms. The number of hydrogen-bond acceptors (Lipinski definition) is 3. The maximum atomic E-state index is 13.6. The van der Waals surface area contributed by atoms with E-state index in [2.05, 4.69) is 53.7 Å². The third kappa shape index (κ3) is 4.75. The molecule has 0 radical (unpaired) electrons. The molecule has 0 saturated carbocycles. The molecule has 2 rings (SSSR count). The predicted molar refractivity (Wildman–Crippen MR) is 112 cm³/mol. The van der Waals surface area contributed by atoms with Gasteiger partial charge in [0.1, 0.15) is 0 Å². The van der Waals surface area contributed by atoms with Crippen molar-refractivity contribution in [1.82, 2.24) is 0 Å². The summed E-state index contributed by atoms with van der Waals surface area (Å²) in [7, 11) is 1.36. The molecule has 0 aliphatic rings. The van der Waals surface area contributed by atoms with E-state index in [1.165, 1.54) is 23.8 Å². The van der Waals surface area contributed by atoms with Gasteiger partial charge in [-0.2, -0.15) is 0 Å². The molecule has 2 aromatic rings. The van der Waals surface area contributed by atoms with E-state index in [1.54, 1.807) is 24.3 Å². The minimum absolute atomic E-state index is 0.297. The van der Waals surface area contributed by atoms with Gasteiger partial charge < -0.3 is 0 Å². The van der Waals surface area contributed by atoms with Crippen molar-refractivity contribution < 1.29 is 13.4 Å². The van der Waals surface area contributed by atoms with Crippen molar-refractivity contribution in [3.05, 3.63) is 58.7 Å². The van der Waals surface area contributed by atoms with Crippen LogP contribution in [0.5, 0.6) is 0 Å². The van der Waals surface area contributed by atoms with Gasteiger partial charge in [-0.3, -0.25) is 0 Å². The van der Waals surface area contributed by atoms with Crippen molar-refractivity contribution in [3.63, 3.8) is 0 Å². The van der Waals surface area contributed by atoms with E-state index in [0.29, 0.717) is 23.3 Å². The molecule has 2 aromatic carbocycles. The van der Waals surface area contributed by atoms with Crippen LogP contribution in [0.25, 0.3) is 0 Å². The summed E-state index contributed by atoms with van der Waals surface area (Å²) in [6.07, 6.45) is 0. The van der Waals surface area contributed by atoms with Crippen LogP contribution < -0.4 is 8.92 Å². The molecule has 146 valence electrons. The molecule has 4 heteroatoms. The summed E-state index contributed by atoms with van der Waals surface area (Å²) in [5, 5.41) is 0. The molecule has 0 aromatic heterocycles. The van der Waals surface area contributed by atoms with Gasteiger partial charge in [-0.15, -0.1) is 0 Å². The number of methoxy groups -OCH3 is 1. The van der Waals surface area contributed by atoms with Gasteiger partial charge in [0.05, 0.1) is 0 Å². The molecular weight excluding hydrogens is 403 g/mol. The summed E-state index contributed by atoms with van der Waals surface area (Å²) in [5.74, 6) is 0.644. The quantitative estimate of drug-likeness (QED) is 0.502. The first kappa shape index (κ1) is 21.5. The Morgan fingerprint density at radius 3 is 1.70 bits per heavy atom. The fourth-order valence-electron chi connectivity index (χ4n) is 3.05. The summed E-state index contributed by atoms with van der Waals surface area (Å²) in [4.78, 5) is 11.7. The molecule has 0 fully saturated rings. The minimum atomic E-state index is -2.46. The standard InChI is InChI=1S/C23H30O3Se/c1-14(2)18-12-20(15(3)4)22(21(13-18)16(5)6)27(25)19-10-8-17(9-11-19)23(24)26-7/h8-16H,1-7H3. The Balaban J connectivity index is 2.61. The number of carbonyl (C=O) groups excluding carboxylic acids is 1. The Morgan fingerprint density at radius 2 is 1.33 bits per heavy atom. The summed E-state index contributed by atoms with van der Waals surface area (Å²) in [6.45, 7) is 13.0. The van der Waals surface area contributed by atoms with Gasteiger partial charge in [0.15, 0.2) is 0 Å². The number of carbonyl (C=O) groups is 1. The number of rotatable bonds is 6. The Labute approximate surface area is 167 Å². The molecule has 1 unspecified atom stereocenters. The van der Waals surface area contributed by atoms with Crippen molar-refractivity contribution in [3.8, 4) is 0 Å². The van der Waals surface area contributed by atoms with E-state index in [0.717, 1.165) is 8.92 Å². The van der Waals surface area contributed by atoms with E-state index in [4.69, 9.17) is 4.74 Å². The average Bonchev–Trinajstić information content (AvgIpc) is 2.65. The molecular formula is C23H30O3Se. The monoisotopic (exact) mass is 434 g/mol. The van der Waals surface area contributed by atoms with E-state index >= 15 is 0 Å².